The number of nitrogens with zero attached hydrogens (tertiary/aromatic N) is 3. The number of carbonyl (C=O) groups excluding carboxylic acids is 1. The van der Waals surface area contributed by atoms with Crippen LogP contribution >= 0.6 is 0 Å². The summed E-state index contributed by atoms with van der Waals surface area (Å²) in [7, 11) is 0. The van der Waals surface area contributed by atoms with E-state index >= 15 is 0 Å². The molecule has 7 heteroatoms. The maximum Gasteiger partial charge on any atom is 0.272 e. The zero-order valence-electron chi connectivity index (χ0n) is 18.8. The van der Waals surface area contributed by atoms with Gasteiger partial charge in [0.1, 0.15) is 5.82 Å². The average Bonchev–Trinajstić information content (AvgIpc) is 3.05. The topological polar surface area (TPSA) is 70.5 Å². The molecular weight excluding hydrogens is 395 g/mol. The van der Waals surface area contributed by atoms with E-state index in [0.717, 1.165) is 35.4 Å². The van der Waals surface area contributed by atoms with Crippen LogP contribution in [0.25, 0.3) is 16.8 Å². The molecule has 31 heavy (non-hydrogen) atoms. The highest BCUT2D eigenvalue weighted by molar-refractivity contribution is 5.82. The van der Waals surface area contributed by atoms with Crippen molar-refractivity contribution in [2.75, 3.05) is 13.1 Å². The Morgan fingerprint density at radius 3 is 2.35 bits per heavy atom. The van der Waals surface area contributed by atoms with Gasteiger partial charge in [-0.25, -0.2) is 13.9 Å². The highest BCUT2D eigenvalue weighted by Crippen LogP contribution is 2.36. The van der Waals surface area contributed by atoms with Crippen LogP contribution in [-0.2, 0) is 10.2 Å². The van der Waals surface area contributed by atoms with E-state index in [9.17, 15) is 14.0 Å². The number of aromatic nitrogens is 3. The number of nitrogens with one attached hydrogen (secondary N) is 1. The first kappa shape index (κ1) is 21.3. The van der Waals surface area contributed by atoms with Gasteiger partial charge < -0.3 is 4.90 Å². The van der Waals surface area contributed by atoms with E-state index in [-0.39, 0.29) is 22.7 Å². The van der Waals surface area contributed by atoms with Gasteiger partial charge in [0.25, 0.3) is 5.56 Å². The number of likely N-dealkylation sites (tertiary alicyclic amines) is 1. The Kier molecular flexibility index (Phi) is 5.03. The lowest BCUT2D eigenvalue weighted by Gasteiger charge is -2.41. The maximum absolute atomic E-state index is 13.4. The first-order valence-electron chi connectivity index (χ1n) is 10.7. The number of hydrogen-bond acceptors (Lipinski definition) is 3. The molecule has 164 valence electrons. The number of benzene rings is 1. The molecule has 3 aromatic rings. The van der Waals surface area contributed by atoms with Crippen molar-refractivity contribution < 1.29 is 9.18 Å². The molecule has 0 saturated carbocycles. The fourth-order valence-corrected chi connectivity index (χ4v) is 4.35. The smallest absolute Gasteiger partial charge is 0.272 e. The highest BCUT2D eigenvalue weighted by Gasteiger charge is 2.37. The Hall–Kier alpha value is -2.96. The largest absolute Gasteiger partial charge is 0.342 e. The number of fused-ring (bicyclic) bond motifs is 1. The van der Waals surface area contributed by atoms with E-state index in [0.29, 0.717) is 18.7 Å². The van der Waals surface area contributed by atoms with Crippen molar-refractivity contribution in [1.82, 2.24) is 19.5 Å². The van der Waals surface area contributed by atoms with Crippen LogP contribution in [0.3, 0.4) is 0 Å². The number of amides is 1. The molecule has 3 heterocycles. The van der Waals surface area contributed by atoms with Gasteiger partial charge in [-0.2, -0.15) is 0 Å². The fourth-order valence-electron chi connectivity index (χ4n) is 4.35. The van der Waals surface area contributed by atoms with Crippen molar-refractivity contribution in [1.29, 1.82) is 0 Å². The van der Waals surface area contributed by atoms with Gasteiger partial charge in [-0.05, 0) is 37.5 Å². The first-order valence-corrected chi connectivity index (χ1v) is 10.7. The molecule has 1 aromatic carbocycles. The zero-order valence-corrected chi connectivity index (χ0v) is 18.8. The van der Waals surface area contributed by atoms with Gasteiger partial charge >= 0.3 is 0 Å². The molecule has 0 atom stereocenters. The van der Waals surface area contributed by atoms with Gasteiger partial charge in [-0.1, -0.05) is 39.8 Å². The molecular formula is C24H29FN4O2. The predicted molar refractivity (Wildman–Crippen MR) is 119 cm³/mol. The van der Waals surface area contributed by atoms with E-state index < -0.39 is 5.41 Å². The van der Waals surface area contributed by atoms with Gasteiger partial charge in [0.15, 0.2) is 5.65 Å². The van der Waals surface area contributed by atoms with E-state index in [1.165, 1.54) is 16.6 Å². The number of H-pyrrole nitrogens is 1. The van der Waals surface area contributed by atoms with Crippen LogP contribution in [0.1, 0.15) is 51.9 Å². The second kappa shape index (κ2) is 7.32. The van der Waals surface area contributed by atoms with Crippen LogP contribution in [0.4, 0.5) is 4.39 Å². The molecule has 1 aliphatic heterocycles. The minimum Gasteiger partial charge on any atom is -0.342 e. The van der Waals surface area contributed by atoms with Crippen molar-refractivity contribution in [3.05, 3.63) is 57.9 Å². The van der Waals surface area contributed by atoms with E-state index in [4.69, 9.17) is 4.98 Å². The molecule has 0 spiro atoms. The minimum atomic E-state index is -0.406. The Labute approximate surface area is 181 Å². The standard InChI is InChI=1S/C24H29FN4O2/c1-15-20(16-6-8-17(25)9-7-16)21-26-18(14-19(30)29(21)27-15)24(5)10-12-28(13-11-24)22(31)23(2,3)4/h6-9,14,27H,10-13H2,1-5H3. The summed E-state index contributed by atoms with van der Waals surface area (Å²) < 4.78 is 14.9. The average molecular weight is 425 g/mol. The summed E-state index contributed by atoms with van der Waals surface area (Å²) in [6, 6.07) is 7.80. The van der Waals surface area contributed by atoms with Crippen molar-refractivity contribution >= 4 is 11.6 Å². The SMILES string of the molecule is Cc1[nH]n2c(=O)cc(C3(C)CCN(C(=O)C(C)(C)C)CC3)nc2c1-c1ccc(F)cc1. The molecule has 6 nitrogen and oxygen atoms in total. The number of aromatic amines is 1. The molecule has 0 unspecified atom stereocenters. The third-order valence-electron chi connectivity index (χ3n) is 6.34. The lowest BCUT2D eigenvalue weighted by Crippen LogP contribution is -2.48. The van der Waals surface area contributed by atoms with Crippen molar-refractivity contribution in [3.63, 3.8) is 0 Å². The third-order valence-corrected chi connectivity index (χ3v) is 6.34. The summed E-state index contributed by atoms with van der Waals surface area (Å²) >= 11 is 0. The van der Waals surface area contributed by atoms with Crippen molar-refractivity contribution in [3.8, 4) is 11.1 Å². The predicted octanol–water partition coefficient (Wildman–Crippen LogP) is 4.06. The summed E-state index contributed by atoms with van der Waals surface area (Å²) in [6.45, 7) is 11.1. The molecule has 0 aliphatic carbocycles. The second-order valence-electron chi connectivity index (χ2n) is 9.86. The van der Waals surface area contributed by atoms with Crippen LogP contribution in [0.2, 0.25) is 0 Å². The number of hydrogen-bond donors (Lipinski definition) is 1. The number of piperidine rings is 1. The molecule has 1 aliphatic rings. The summed E-state index contributed by atoms with van der Waals surface area (Å²) in [5.41, 5.74) is 2.80. The summed E-state index contributed by atoms with van der Waals surface area (Å²) in [6.07, 6.45) is 1.49. The molecule has 1 fully saturated rings. The van der Waals surface area contributed by atoms with Gasteiger partial charge in [0, 0.05) is 41.2 Å². The minimum absolute atomic E-state index is 0.151. The van der Waals surface area contributed by atoms with Gasteiger partial charge in [0.05, 0.1) is 5.69 Å². The van der Waals surface area contributed by atoms with Crippen molar-refractivity contribution in [2.45, 2.75) is 52.9 Å². The number of carbonyl (C=O) groups is 1. The molecule has 2 aromatic heterocycles. The lowest BCUT2D eigenvalue weighted by atomic mass is 9.76. The molecule has 0 bridgehead atoms. The molecule has 1 amide bonds. The summed E-state index contributed by atoms with van der Waals surface area (Å²) in [5.74, 6) is -0.158. The maximum atomic E-state index is 13.4. The molecule has 1 N–H and O–H groups in total. The van der Waals surface area contributed by atoms with E-state index in [1.54, 1.807) is 18.2 Å². The zero-order chi connectivity index (χ0) is 22.6. The van der Waals surface area contributed by atoms with Crippen LogP contribution in [0.15, 0.2) is 35.1 Å². The Morgan fingerprint density at radius 1 is 1.16 bits per heavy atom. The molecule has 1 saturated heterocycles. The van der Waals surface area contributed by atoms with E-state index in [1.807, 2.05) is 32.6 Å². The van der Waals surface area contributed by atoms with E-state index in [2.05, 4.69) is 12.0 Å². The Morgan fingerprint density at radius 2 is 1.77 bits per heavy atom. The van der Waals surface area contributed by atoms with Crippen LogP contribution in [-0.4, -0.2) is 38.5 Å². The summed E-state index contributed by atoms with van der Waals surface area (Å²) in [5, 5.41) is 3.08. The first-order chi connectivity index (χ1) is 14.5. The van der Waals surface area contributed by atoms with Crippen molar-refractivity contribution in [2.24, 2.45) is 5.41 Å². The van der Waals surface area contributed by atoms with Gasteiger partial charge in [-0.15, -0.1) is 0 Å². The normalized spacial score (nSPS) is 16.6. The number of rotatable bonds is 2. The third kappa shape index (κ3) is 3.77. The highest BCUT2D eigenvalue weighted by atomic mass is 19.1. The van der Waals surface area contributed by atoms with Gasteiger partial charge in [0.2, 0.25) is 5.91 Å². The monoisotopic (exact) mass is 424 g/mol. The quantitative estimate of drug-likeness (QED) is 0.674. The summed E-state index contributed by atoms with van der Waals surface area (Å²) in [4.78, 5) is 32.4. The lowest BCUT2D eigenvalue weighted by molar-refractivity contribution is -0.141. The Balaban J connectivity index is 1.72. The Bertz CT molecular complexity index is 1190. The number of aryl methyl sites for hydroxylation is 1. The van der Waals surface area contributed by atoms with Crippen LogP contribution in [0.5, 0.6) is 0 Å². The number of halogens is 1. The van der Waals surface area contributed by atoms with Gasteiger partial charge in [-0.3, -0.25) is 14.7 Å². The van der Waals surface area contributed by atoms with Crippen LogP contribution < -0.4 is 5.56 Å². The second-order valence-corrected chi connectivity index (χ2v) is 9.86. The molecule has 0 radical (unpaired) electrons. The molecule has 4 rings (SSSR count). The fraction of sp³-hybridized carbons (Fsp3) is 0.458. The van der Waals surface area contributed by atoms with Crippen LogP contribution in [0, 0.1) is 18.2 Å².